The number of aliphatic hydroxyl groups excluding tert-OH is 6. The van der Waals surface area contributed by atoms with Crippen molar-refractivity contribution in [3.05, 3.63) is 0 Å². The summed E-state index contributed by atoms with van der Waals surface area (Å²) in [5.41, 5.74) is -1.71. The Balaban J connectivity index is 1.05. The van der Waals surface area contributed by atoms with Crippen molar-refractivity contribution < 1.29 is 64.2 Å². The minimum atomic E-state index is -1.62. The van der Waals surface area contributed by atoms with Crippen molar-refractivity contribution in [3.63, 3.8) is 0 Å². The van der Waals surface area contributed by atoms with Crippen LogP contribution in [0, 0.1) is 46.3 Å². The number of hydrogen-bond acceptors (Lipinski definition) is 13. The van der Waals surface area contributed by atoms with Gasteiger partial charge < -0.3 is 64.2 Å². The molecule has 4 heterocycles. The Morgan fingerprint density at radius 3 is 2.22 bits per heavy atom. The maximum atomic E-state index is 12.8. The fourth-order valence-corrected chi connectivity index (χ4v) is 12.9. The monoisotopic (exact) mass is 726 g/mol. The van der Waals surface area contributed by atoms with Crippen LogP contribution in [0.4, 0.5) is 0 Å². The molecule has 1 spiro atoms. The maximum Gasteiger partial charge on any atom is 0.187 e. The lowest BCUT2D eigenvalue weighted by Gasteiger charge is -2.64. The number of aliphatic hydroxyl groups is 7. The van der Waals surface area contributed by atoms with Crippen LogP contribution >= 0.6 is 0 Å². The maximum absolute atomic E-state index is 12.8. The van der Waals surface area contributed by atoms with Gasteiger partial charge in [0.2, 0.25) is 0 Å². The van der Waals surface area contributed by atoms with Gasteiger partial charge in [0, 0.05) is 24.2 Å². The van der Waals surface area contributed by atoms with Gasteiger partial charge >= 0.3 is 0 Å². The summed E-state index contributed by atoms with van der Waals surface area (Å²) in [5.74, 6) is 0.569. The molecule has 8 aliphatic rings. The molecule has 7 N–H and O–H groups in total. The largest absolute Gasteiger partial charge is 0.393 e. The molecule has 22 atom stereocenters. The molecule has 0 aromatic heterocycles. The predicted octanol–water partition coefficient (Wildman–Crippen LogP) is 1.19. The Labute approximate surface area is 300 Å². The summed E-state index contributed by atoms with van der Waals surface area (Å²) >= 11 is 0. The van der Waals surface area contributed by atoms with E-state index < -0.39 is 78.9 Å². The highest BCUT2D eigenvalue weighted by molar-refractivity contribution is 5.23. The molecule has 0 bridgehead atoms. The van der Waals surface area contributed by atoms with Crippen LogP contribution in [0.2, 0.25) is 0 Å². The van der Waals surface area contributed by atoms with Gasteiger partial charge in [-0.05, 0) is 86.9 Å². The second kappa shape index (κ2) is 13.0. The van der Waals surface area contributed by atoms with Gasteiger partial charge in [-0.25, -0.2) is 0 Å². The average Bonchev–Trinajstić information content (AvgIpc) is 3.45. The van der Waals surface area contributed by atoms with E-state index in [1.807, 2.05) is 0 Å². The van der Waals surface area contributed by atoms with E-state index in [0.29, 0.717) is 31.3 Å². The third-order valence-corrected chi connectivity index (χ3v) is 16.1. The second-order valence-corrected chi connectivity index (χ2v) is 18.4. The fraction of sp³-hybridized carbons (Fsp3) is 1.00. The van der Waals surface area contributed by atoms with Crippen LogP contribution in [-0.4, -0.2) is 134 Å². The average molecular weight is 727 g/mol. The molecule has 13 heteroatoms. The topological polar surface area (TPSA) is 197 Å². The van der Waals surface area contributed by atoms with Crippen molar-refractivity contribution >= 4 is 0 Å². The van der Waals surface area contributed by atoms with Crippen LogP contribution in [0.25, 0.3) is 0 Å². The van der Waals surface area contributed by atoms with Crippen LogP contribution in [0.5, 0.6) is 0 Å². The molecule has 0 amide bonds. The smallest absolute Gasteiger partial charge is 0.187 e. The van der Waals surface area contributed by atoms with Crippen molar-refractivity contribution in [3.8, 4) is 0 Å². The Hall–Kier alpha value is -0.520. The molecule has 0 aromatic rings. The lowest BCUT2D eigenvalue weighted by atomic mass is 9.43. The highest BCUT2D eigenvalue weighted by Crippen LogP contribution is 2.73. The van der Waals surface area contributed by atoms with Crippen molar-refractivity contribution in [2.75, 3.05) is 13.2 Å². The number of hydrogen-bond donors (Lipinski definition) is 7. The molecule has 4 aliphatic heterocycles. The minimum absolute atomic E-state index is 0.150. The van der Waals surface area contributed by atoms with Crippen LogP contribution in [0.1, 0.15) is 92.4 Å². The zero-order valence-corrected chi connectivity index (χ0v) is 30.8. The van der Waals surface area contributed by atoms with Gasteiger partial charge in [-0.2, -0.15) is 0 Å². The molecule has 8 rings (SSSR count). The van der Waals surface area contributed by atoms with Gasteiger partial charge in [0.25, 0.3) is 0 Å². The van der Waals surface area contributed by atoms with Gasteiger partial charge in [-0.1, -0.05) is 27.7 Å². The second-order valence-electron chi connectivity index (χ2n) is 18.4. The van der Waals surface area contributed by atoms with Crippen molar-refractivity contribution in [2.45, 2.75) is 177 Å². The molecule has 0 aromatic carbocycles. The summed E-state index contributed by atoms with van der Waals surface area (Å²) in [7, 11) is 0. The van der Waals surface area contributed by atoms with Crippen LogP contribution in [-0.2, 0) is 28.4 Å². The summed E-state index contributed by atoms with van der Waals surface area (Å²) in [6, 6.07) is 0. The third kappa shape index (κ3) is 5.42. The summed E-state index contributed by atoms with van der Waals surface area (Å²) < 4.78 is 37.8. The van der Waals surface area contributed by atoms with E-state index in [4.69, 9.17) is 28.4 Å². The lowest BCUT2D eigenvalue weighted by molar-refractivity contribution is -0.366. The molecule has 51 heavy (non-hydrogen) atoms. The lowest BCUT2D eigenvalue weighted by Crippen LogP contribution is -2.65. The van der Waals surface area contributed by atoms with Crippen LogP contribution in [0.3, 0.4) is 0 Å². The van der Waals surface area contributed by atoms with E-state index in [9.17, 15) is 35.7 Å². The molecular weight excluding hydrogens is 664 g/mol. The van der Waals surface area contributed by atoms with E-state index in [1.54, 1.807) is 0 Å². The first kappa shape index (κ1) is 37.4. The quantitative estimate of drug-likeness (QED) is 0.219. The predicted molar refractivity (Wildman–Crippen MR) is 178 cm³/mol. The Morgan fingerprint density at radius 2 is 1.49 bits per heavy atom. The highest BCUT2D eigenvalue weighted by atomic mass is 16.8. The van der Waals surface area contributed by atoms with E-state index in [1.165, 1.54) is 6.92 Å². The Bertz CT molecular complexity index is 1280. The third-order valence-electron chi connectivity index (χ3n) is 16.1. The zero-order chi connectivity index (χ0) is 36.4. The molecule has 292 valence electrons. The minimum Gasteiger partial charge on any atom is -0.393 e. The normalized spacial score (nSPS) is 61.4. The standard InChI is InChI=1S/C38H62O13/c1-17-8-11-37(47-15-17)19(3)38(45)27(51-37)14-24-22-7-6-20-12-21(39)13-26(36(20,5)23(22)9-10-35(24,38)4)49-34-32(29(42)25(40)16-46-34)50-33-31(44)30(43)28(41)18(2)48-33/h17-34,39-45H,6-16H2,1-5H3/t17-,18-,19+,20+,21+,22+,23-,24-,25+,26+,27-,28-,29-,30+,31+,32+,33-,34-,35-,36-,37+,38+/m0/s1. The number of fused-ring (bicyclic) bond motifs is 7. The first-order valence-corrected chi connectivity index (χ1v) is 19.8. The molecule has 4 saturated heterocycles. The summed E-state index contributed by atoms with van der Waals surface area (Å²) in [6.45, 7) is 10.9. The zero-order valence-electron chi connectivity index (χ0n) is 30.8. The SMILES string of the molecule is C[C@H]1CC[C@@]2(OC1)O[C@H]1C[C@H]3[C@@H]4CC[C@@H]5C[C@@H](O)C[C@@H](O[C@@H]6OC[C@@H](O)[C@H](O)[C@H]6O[C@@H]6O[C@@H](C)[C@H](O)[C@@H](O)[C@H]6O)[C@]5(C)[C@H]4CC[C@]3(C)[C@@]1(O)[C@@H]2C. The Morgan fingerprint density at radius 1 is 0.725 bits per heavy atom. The molecule has 13 nitrogen and oxygen atoms in total. The van der Waals surface area contributed by atoms with E-state index in [0.717, 1.165) is 44.9 Å². The first-order valence-electron chi connectivity index (χ1n) is 19.8. The van der Waals surface area contributed by atoms with E-state index in [2.05, 4.69) is 27.7 Å². The van der Waals surface area contributed by atoms with E-state index in [-0.39, 0.29) is 47.2 Å². The fourth-order valence-electron chi connectivity index (χ4n) is 12.9. The van der Waals surface area contributed by atoms with Gasteiger partial charge in [0.05, 0.1) is 37.6 Å². The highest BCUT2D eigenvalue weighted by Gasteiger charge is 2.77. The molecule has 0 radical (unpaired) electrons. The van der Waals surface area contributed by atoms with Crippen LogP contribution < -0.4 is 0 Å². The first-order chi connectivity index (χ1) is 24.0. The summed E-state index contributed by atoms with van der Waals surface area (Å²) in [6.07, 6.45) is -6.08. The van der Waals surface area contributed by atoms with E-state index >= 15 is 0 Å². The summed E-state index contributed by atoms with van der Waals surface area (Å²) in [5, 5.41) is 77.0. The molecular formula is C38H62O13. The van der Waals surface area contributed by atoms with Gasteiger partial charge in [0.15, 0.2) is 18.4 Å². The number of ether oxygens (including phenoxy) is 6. The van der Waals surface area contributed by atoms with Crippen molar-refractivity contribution in [1.82, 2.24) is 0 Å². The molecule has 8 fully saturated rings. The van der Waals surface area contributed by atoms with Crippen LogP contribution in [0.15, 0.2) is 0 Å². The van der Waals surface area contributed by atoms with Gasteiger partial charge in [-0.3, -0.25) is 0 Å². The number of rotatable bonds is 4. The summed E-state index contributed by atoms with van der Waals surface area (Å²) in [4.78, 5) is 0. The van der Waals surface area contributed by atoms with Gasteiger partial charge in [-0.15, -0.1) is 0 Å². The molecule has 4 saturated carbocycles. The van der Waals surface area contributed by atoms with Gasteiger partial charge in [0.1, 0.15) is 42.2 Å². The molecule has 4 aliphatic carbocycles. The Kier molecular flexibility index (Phi) is 9.56. The van der Waals surface area contributed by atoms with Crippen molar-refractivity contribution in [2.24, 2.45) is 46.3 Å². The van der Waals surface area contributed by atoms with Crippen molar-refractivity contribution in [1.29, 1.82) is 0 Å². The molecule has 0 unspecified atom stereocenters.